The van der Waals surface area contributed by atoms with E-state index < -0.39 is 5.97 Å². The molecule has 0 fully saturated rings. The number of thioether (sulfide) groups is 1. The summed E-state index contributed by atoms with van der Waals surface area (Å²) >= 11 is 1.11. The molecular formula is C23H23NO7S. The van der Waals surface area contributed by atoms with Crippen molar-refractivity contribution < 1.29 is 34.0 Å². The fourth-order valence-corrected chi connectivity index (χ4v) is 3.94. The quantitative estimate of drug-likeness (QED) is 0.581. The highest BCUT2D eigenvalue weighted by Gasteiger charge is 2.33. The number of phenols is 1. The minimum Gasteiger partial charge on any atom is -0.506 e. The maximum Gasteiger partial charge on any atom is 0.344 e. The number of hydrogen-bond donors (Lipinski definition) is 2. The van der Waals surface area contributed by atoms with Crippen LogP contribution in [0.4, 0.5) is 5.69 Å². The molecule has 8 nitrogen and oxygen atoms in total. The van der Waals surface area contributed by atoms with Crippen molar-refractivity contribution in [2.24, 2.45) is 4.99 Å². The molecule has 2 N–H and O–H groups in total. The van der Waals surface area contributed by atoms with Gasteiger partial charge in [0, 0.05) is 6.07 Å². The first-order valence-corrected chi connectivity index (χ1v) is 10.4. The van der Waals surface area contributed by atoms with Gasteiger partial charge in [-0.05, 0) is 42.8 Å². The molecule has 0 atom stereocenters. The van der Waals surface area contributed by atoms with Crippen LogP contribution in [0, 0.1) is 0 Å². The van der Waals surface area contributed by atoms with E-state index in [1.54, 1.807) is 50.4 Å². The molecule has 1 aliphatic heterocycles. The Morgan fingerprint density at radius 1 is 1.03 bits per heavy atom. The van der Waals surface area contributed by atoms with Gasteiger partial charge >= 0.3 is 5.97 Å². The van der Waals surface area contributed by atoms with E-state index in [2.05, 4.69) is 4.99 Å². The number of aliphatic imine (C=N–C) groups is 1. The van der Waals surface area contributed by atoms with E-state index in [1.165, 1.54) is 20.3 Å². The molecule has 2 aromatic carbocycles. The lowest BCUT2D eigenvalue weighted by Crippen LogP contribution is -2.12. The van der Waals surface area contributed by atoms with Gasteiger partial charge in [0.25, 0.3) is 0 Å². The van der Waals surface area contributed by atoms with Crippen LogP contribution in [0.15, 0.2) is 57.6 Å². The maximum atomic E-state index is 12.6. The molecule has 9 heteroatoms. The van der Waals surface area contributed by atoms with Crippen molar-refractivity contribution in [1.29, 1.82) is 0 Å². The number of aliphatic hydroxyl groups excluding tert-OH is 1. The van der Waals surface area contributed by atoms with Gasteiger partial charge in [-0.15, -0.1) is 0 Å². The van der Waals surface area contributed by atoms with Crippen LogP contribution in [-0.2, 0) is 9.53 Å². The Balaban J connectivity index is 2.08. The second-order valence-corrected chi connectivity index (χ2v) is 7.47. The lowest BCUT2D eigenvalue weighted by Gasteiger charge is -2.08. The SMILES string of the molecule is CCOC(=O)C1=C(O)/C(=C\c2ccc(O)c(OC)c2)SC1=Nc1ccc(OC)cc1OC. The molecule has 3 rings (SSSR count). The Kier molecular flexibility index (Phi) is 7.32. The van der Waals surface area contributed by atoms with Crippen molar-refractivity contribution in [3.05, 3.63) is 58.2 Å². The number of nitrogens with zero attached hydrogens (tertiary/aromatic N) is 1. The molecule has 0 saturated heterocycles. The number of hydrogen-bond acceptors (Lipinski definition) is 9. The number of carbonyl (C=O) groups is 1. The van der Waals surface area contributed by atoms with E-state index in [1.807, 2.05) is 0 Å². The van der Waals surface area contributed by atoms with Crippen molar-refractivity contribution in [2.75, 3.05) is 27.9 Å². The first kappa shape index (κ1) is 23.1. The van der Waals surface area contributed by atoms with Gasteiger partial charge in [0.05, 0.1) is 32.8 Å². The van der Waals surface area contributed by atoms with E-state index in [0.29, 0.717) is 27.7 Å². The van der Waals surface area contributed by atoms with E-state index in [-0.39, 0.29) is 34.5 Å². The topological polar surface area (TPSA) is 107 Å². The van der Waals surface area contributed by atoms with Crippen LogP contribution in [-0.4, -0.2) is 49.2 Å². The Hall–Kier alpha value is -3.59. The Morgan fingerprint density at radius 3 is 2.44 bits per heavy atom. The lowest BCUT2D eigenvalue weighted by molar-refractivity contribution is -0.138. The molecule has 0 spiro atoms. The number of esters is 1. The fraction of sp³-hybridized carbons (Fsp3) is 0.217. The number of methoxy groups -OCH3 is 3. The molecule has 168 valence electrons. The normalized spacial score (nSPS) is 15.9. The number of aliphatic hydroxyl groups is 1. The standard InChI is InChI=1S/C23H23NO7S/c1-5-31-23(27)20-21(26)19(11-13-6-9-16(25)18(10-13)30-4)32-22(20)24-15-8-7-14(28-2)12-17(15)29-3/h6-12,25-26H,5H2,1-4H3/b19-11+,24-22?. The third-order valence-electron chi connectivity index (χ3n) is 4.48. The minimum atomic E-state index is -0.685. The average molecular weight is 458 g/mol. The van der Waals surface area contributed by atoms with Gasteiger partial charge in [-0.25, -0.2) is 9.79 Å². The molecule has 0 amide bonds. The van der Waals surface area contributed by atoms with Crippen LogP contribution in [0.5, 0.6) is 23.0 Å². The van der Waals surface area contributed by atoms with Gasteiger partial charge in [0.2, 0.25) is 0 Å². The van der Waals surface area contributed by atoms with Crippen LogP contribution < -0.4 is 14.2 Å². The first-order chi connectivity index (χ1) is 15.4. The molecule has 0 bridgehead atoms. The molecule has 0 unspecified atom stereocenters. The summed E-state index contributed by atoms with van der Waals surface area (Å²) in [6, 6.07) is 9.83. The molecule has 32 heavy (non-hydrogen) atoms. The second-order valence-electron chi connectivity index (χ2n) is 6.44. The van der Waals surface area contributed by atoms with Gasteiger partial charge < -0.3 is 29.2 Å². The number of phenolic OH excluding ortho intramolecular Hbond substituents is 1. The van der Waals surface area contributed by atoms with Crippen LogP contribution in [0.3, 0.4) is 0 Å². The predicted octanol–water partition coefficient (Wildman–Crippen LogP) is 4.61. The Morgan fingerprint density at radius 2 is 1.78 bits per heavy atom. The summed E-state index contributed by atoms with van der Waals surface area (Å²) in [6.07, 6.45) is 1.66. The molecule has 1 aliphatic rings. The molecule has 2 aromatic rings. The highest BCUT2D eigenvalue weighted by atomic mass is 32.2. The van der Waals surface area contributed by atoms with Crippen LogP contribution in [0.25, 0.3) is 6.08 Å². The Bertz CT molecular complexity index is 1120. The maximum absolute atomic E-state index is 12.6. The molecule has 0 saturated carbocycles. The lowest BCUT2D eigenvalue weighted by atomic mass is 10.1. The number of ether oxygens (including phenoxy) is 4. The van der Waals surface area contributed by atoms with Crippen molar-refractivity contribution in [1.82, 2.24) is 0 Å². The van der Waals surface area contributed by atoms with Gasteiger partial charge in [-0.3, -0.25) is 0 Å². The summed E-state index contributed by atoms with van der Waals surface area (Å²) in [5.74, 6) is 0.390. The molecule has 0 radical (unpaired) electrons. The molecule has 1 heterocycles. The molecule has 0 aliphatic carbocycles. The number of aromatic hydroxyl groups is 1. The summed E-state index contributed by atoms with van der Waals surface area (Å²) in [5.41, 5.74) is 1.07. The van der Waals surface area contributed by atoms with Crippen LogP contribution >= 0.6 is 11.8 Å². The molecular weight excluding hydrogens is 434 g/mol. The number of benzene rings is 2. The third-order valence-corrected chi connectivity index (χ3v) is 5.50. The Labute approximate surface area is 189 Å². The minimum absolute atomic E-state index is 0.00504. The summed E-state index contributed by atoms with van der Waals surface area (Å²) in [4.78, 5) is 17.5. The van der Waals surface area contributed by atoms with E-state index >= 15 is 0 Å². The fourth-order valence-electron chi connectivity index (χ4n) is 2.91. The average Bonchev–Trinajstić information content (AvgIpc) is 3.09. The second kappa shape index (κ2) is 10.1. The van der Waals surface area contributed by atoms with Crippen molar-refractivity contribution in [2.45, 2.75) is 6.92 Å². The number of rotatable bonds is 7. The zero-order valence-corrected chi connectivity index (χ0v) is 18.9. The summed E-state index contributed by atoms with van der Waals surface area (Å²) in [7, 11) is 4.49. The van der Waals surface area contributed by atoms with E-state index in [0.717, 1.165) is 11.8 Å². The van der Waals surface area contributed by atoms with Crippen molar-refractivity contribution in [3.63, 3.8) is 0 Å². The predicted molar refractivity (Wildman–Crippen MR) is 123 cm³/mol. The summed E-state index contributed by atoms with van der Waals surface area (Å²) in [6.45, 7) is 1.83. The zero-order valence-electron chi connectivity index (χ0n) is 18.0. The van der Waals surface area contributed by atoms with Crippen LogP contribution in [0.2, 0.25) is 0 Å². The highest BCUT2D eigenvalue weighted by Crippen LogP contribution is 2.42. The van der Waals surface area contributed by atoms with Crippen molar-refractivity contribution in [3.8, 4) is 23.0 Å². The highest BCUT2D eigenvalue weighted by molar-refractivity contribution is 8.18. The summed E-state index contributed by atoms with van der Waals surface area (Å²) in [5, 5.41) is 20.9. The smallest absolute Gasteiger partial charge is 0.344 e. The largest absolute Gasteiger partial charge is 0.506 e. The van der Waals surface area contributed by atoms with Gasteiger partial charge in [0.15, 0.2) is 11.5 Å². The first-order valence-electron chi connectivity index (χ1n) is 9.60. The van der Waals surface area contributed by atoms with E-state index in [4.69, 9.17) is 18.9 Å². The van der Waals surface area contributed by atoms with Gasteiger partial charge in [-0.1, -0.05) is 17.8 Å². The molecule has 0 aromatic heterocycles. The third kappa shape index (κ3) is 4.83. The number of carbonyl (C=O) groups excluding carboxylic acids is 1. The van der Waals surface area contributed by atoms with Gasteiger partial charge in [0.1, 0.15) is 33.6 Å². The van der Waals surface area contributed by atoms with Crippen LogP contribution in [0.1, 0.15) is 12.5 Å². The van der Waals surface area contributed by atoms with Crippen molar-refractivity contribution >= 4 is 34.5 Å². The zero-order chi connectivity index (χ0) is 23.3. The summed E-state index contributed by atoms with van der Waals surface area (Å²) < 4.78 is 20.8. The van der Waals surface area contributed by atoms with E-state index in [9.17, 15) is 15.0 Å². The van der Waals surface area contributed by atoms with Gasteiger partial charge in [-0.2, -0.15) is 0 Å². The monoisotopic (exact) mass is 457 g/mol.